The van der Waals surface area contributed by atoms with Crippen LogP contribution in [0.4, 0.5) is 0 Å². The number of rotatable bonds is 4. The Hall–Kier alpha value is -2.18. The molecule has 0 N–H and O–H groups in total. The smallest absolute Gasteiger partial charge is 0.263 e. The van der Waals surface area contributed by atoms with Crippen molar-refractivity contribution in [2.45, 2.75) is 44.6 Å². The molecule has 0 aliphatic carbocycles. The number of hydrogen-bond donors (Lipinski definition) is 0. The molecule has 0 saturated heterocycles. The lowest BCUT2D eigenvalue weighted by Crippen LogP contribution is -2.24. The molecule has 0 saturated carbocycles. The first-order chi connectivity index (χ1) is 13.0. The molecular weight excluding hydrogens is 374 g/mol. The third kappa shape index (κ3) is 3.28. The Balaban J connectivity index is 1.74. The summed E-state index contributed by atoms with van der Waals surface area (Å²) < 4.78 is 1.81. The largest absolute Gasteiger partial charge is 0.284 e. The van der Waals surface area contributed by atoms with Gasteiger partial charge in [-0.25, -0.2) is 4.98 Å². The van der Waals surface area contributed by atoms with Gasteiger partial charge in [-0.15, -0.1) is 11.3 Å². The Morgan fingerprint density at radius 3 is 2.67 bits per heavy atom. The number of aromatic nitrogens is 3. The monoisotopic (exact) mass is 395 g/mol. The lowest BCUT2D eigenvalue weighted by atomic mass is 10.2. The molecule has 3 aromatic heterocycles. The van der Waals surface area contributed by atoms with Gasteiger partial charge in [0.15, 0.2) is 5.16 Å². The van der Waals surface area contributed by atoms with Gasteiger partial charge in [0.1, 0.15) is 4.83 Å². The topological polar surface area (TPSA) is 47.8 Å². The summed E-state index contributed by atoms with van der Waals surface area (Å²) in [5, 5.41) is 2.66. The number of thiophene rings is 1. The molecule has 27 heavy (non-hydrogen) atoms. The highest BCUT2D eigenvalue weighted by molar-refractivity contribution is 7.98. The van der Waals surface area contributed by atoms with Gasteiger partial charge < -0.3 is 0 Å². The summed E-state index contributed by atoms with van der Waals surface area (Å²) in [7, 11) is 0. The SMILES string of the molecule is Cc1sc2nc(SCc3ccc4ccccc4n3)n(C(C)C)c(=O)c2c1C. The summed E-state index contributed by atoms with van der Waals surface area (Å²) in [5.74, 6) is 0.679. The first kappa shape index (κ1) is 18.2. The maximum atomic E-state index is 13.1. The molecule has 6 heteroatoms. The van der Waals surface area contributed by atoms with Crippen molar-refractivity contribution in [3.8, 4) is 0 Å². The van der Waals surface area contributed by atoms with E-state index in [1.54, 1.807) is 23.1 Å². The zero-order chi connectivity index (χ0) is 19.1. The second-order valence-corrected chi connectivity index (χ2v) is 9.06. The highest BCUT2D eigenvalue weighted by Gasteiger charge is 2.18. The van der Waals surface area contributed by atoms with E-state index in [0.717, 1.165) is 42.4 Å². The second kappa shape index (κ2) is 7.09. The van der Waals surface area contributed by atoms with E-state index in [1.165, 1.54) is 0 Å². The Labute approximate surface area is 166 Å². The van der Waals surface area contributed by atoms with Gasteiger partial charge in [-0.1, -0.05) is 36.0 Å². The van der Waals surface area contributed by atoms with Crippen LogP contribution < -0.4 is 5.56 Å². The molecule has 0 unspecified atom stereocenters. The van der Waals surface area contributed by atoms with E-state index < -0.39 is 0 Å². The van der Waals surface area contributed by atoms with Gasteiger partial charge in [0.2, 0.25) is 0 Å². The normalized spacial score (nSPS) is 11.7. The average molecular weight is 396 g/mol. The van der Waals surface area contributed by atoms with Crippen molar-refractivity contribution < 1.29 is 0 Å². The molecule has 0 amide bonds. The third-order valence-corrected chi connectivity index (χ3v) is 6.81. The zero-order valence-electron chi connectivity index (χ0n) is 15.8. The molecular formula is C21H21N3OS2. The molecule has 0 radical (unpaired) electrons. The minimum absolute atomic E-state index is 0.0565. The van der Waals surface area contributed by atoms with Crippen molar-refractivity contribution in [2.75, 3.05) is 0 Å². The summed E-state index contributed by atoms with van der Waals surface area (Å²) >= 11 is 3.17. The summed E-state index contributed by atoms with van der Waals surface area (Å²) in [5.41, 5.74) is 3.09. The Morgan fingerprint density at radius 2 is 1.89 bits per heavy atom. The molecule has 3 heterocycles. The van der Waals surface area contributed by atoms with Crippen LogP contribution in [0.3, 0.4) is 0 Å². The van der Waals surface area contributed by atoms with Gasteiger partial charge in [0.05, 0.1) is 16.6 Å². The Morgan fingerprint density at radius 1 is 1.11 bits per heavy atom. The Kier molecular flexibility index (Phi) is 4.78. The highest BCUT2D eigenvalue weighted by atomic mass is 32.2. The van der Waals surface area contributed by atoms with Crippen LogP contribution in [-0.2, 0) is 5.75 Å². The molecule has 4 rings (SSSR count). The van der Waals surface area contributed by atoms with Crippen molar-refractivity contribution in [2.24, 2.45) is 0 Å². The van der Waals surface area contributed by atoms with E-state index in [-0.39, 0.29) is 11.6 Å². The molecule has 0 aliphatic heterocycles. The van der Waals surface area contributed by atoms with Gasteiger partial charge in [0.25, 0.3) is 5.56 Å². The van der Waals surface area contributed by atoms with Crippen molar-refractivity contribution in [3.05, 3.63) is 62.9 Å². The van der Waals surface area contributed by atoms with Crippen LogP contribution in [-0.4, -0.2) is 14.5 Å². The summed E-state index contributed by atoms with van der Waals surface area (Å²) in [6.07, 6.45) is 0. The van der Waals surface area contributed by atoms with Crippen LogP contribution in [0.15, 0.2) is 46.3 Å². The number of pyridine rings is 1. The lowest BCUT2D eigenvalue weighted by molar-refractivity contribution is 0.519. The minimum Gasteiger partial charge on any atom is -0.284 e. The number of benzene rings is 1. The molecule has 0 atom stereocenters. The minimum atomic E-state index is 0.0565. The van der Waals surface area contributed by atoms with E-state index in [4.69, 9.17) is 9.97 Å². The van der Waals surface area contributed by atoms with Gasteiger partial charge in [-0.05, 0) is 45.4 Å². The van der Waals surface area contributed by atoms with E-state index in [2.05, 4.69) is 12.1 Å². The van der Waals surface area contributed by atoms with Crippen LogP contribution in [0.1, 0.15) is 36.0 Å². The summed E-state index contributed by atoms with van der Waals surface area (Å²) in [6, 6.07) is 12.3. The predicted molar refractivity (Wildman–Crippen MR) is 115 cm³/mol. The van der Waals surface area contributed by atoms with Crippen LogP contribution in [0.2, 0.25) is 0 Å². The molecule has 0 fully saturated rings. The maximum absolute atomic E-state index is 13.1. The fourth-order valence-electron chi connectivity index (χ4n) is 3.17. The van der Waals surface area contributed by atoms with Gasteiger partial charge >= 0.3 is 0 Å². The van der Waals surface area contributed by atoms with E-state index in [9.17, 15) is 4.79 Å². The van der Waals surface area contributed by atoms with Gasteiger partial charge in [-0.3, -0.25) is 14.3 Å². The number of thioether (sulfide) groups is 1. The van der Waals surface area contributed by atoms with Crippen LogP contribution >= 0.6 is 23.1 Å². The lowest BCUT2D eigenvalue weighted by Gasteiger charge is -2.15. The Bertz CT molecular complexity index is 1210. The maximum Gasteiger partial charge on any atom is 0.263 e. The number of aryl methyl sites for hydroxylation is 2. The highest BCUT2D eigenvalue weighted by Crippen LogP contribution is 2.30. The van der Waals surface area contributed by atoms with E-state index in [1.807, 2.05) is 56.5 Å². The molecule has 0 aliphatic rings. The summed E-state index contributed by atoms with van der Waals surface area (Å²) in [6.45, 7) is 8.12. The molecule has 4 nitrogen and oxygen atoms in total. The quantitative estimate of drug-likeness (QED) is 0.338. The first-order valence-electron chi connectivity index (χ1n) is 8.95. The van der Waals surface area contributed by atoms with Crippen molar-refractivity contribution in [1.82, 2.24) is 14.5 Å². The predicted octanol–water partition coefficient (Wildman–Crippen LogP) is 5.50. The van der Waals surface area contributed by atoms with Gasteiger partial charge in [0, 0.05) is 22.1 Å². The van der Waals surface area contributed by atoms with Crippen LogP contribution in [0.25, 0.3) is 21.1 Å². The van der Waals surface area contributed by atoms with Crippen molar-refractivity contribution >= 4 is 44.2 Å². The fraction of sp³-hybridized carbons (Fsp3) is 0.286. The van der Waals surface area contributed by atoms with Crippen molar-refractivity contribution in [3.63, 3.8) is 0 Å². The van der Waals surface area contributed by atoms with Crippen molar-refractivity contribution in [1.29, 1.82) is 0 Å². The first-order valence-corrected chi connectivity index (χ1v) is 10.8. The van der Waals surface area contributed by atoms with Crippen LogP contribution in [0.5, 0.6) is 0 Å². The fourth-order valence-corrected chi connectivity index (χ4v) is 5.28. The zero-order valence-corrected chi connectivity index (χ0v) is 17.4. The van der Waals surface area contributed by atoms with E-state index in [0.29, 0.717) is 5.75 Å². The second-order valence-electron chi connectivity index (χ2n) is 6.91. The number of hydrogen-bond acceptors (Lipinski definition) is 5. The molecule has 1 aromatic carbocycles. The summed E-state index contributed by atoms with van der Waals surface area (Å²) in [4.78, 5) is 24.7. The number of fused-ring (bicyclic) bond motifs is 2. The molecule has 0 spiro atoms. The molecule has 0 bridgehead atoms. The average Bonchev–Trinajstić information content (AvgIpc) is 2.93. The van der Waals surface area contributed by atoms with E-state index >= 15 is 0 Å². The van der Waals surface area contributed by atoms with Crippen LogP contribution in [0, 0.1) is 13.8 Å². The third-order valence-electron chi connectivity index (χ3n) is 4.72. The van der Waals surface area contributed by atoms with Gasteiger partial charge in [-0.2, -0.15) is 0 Å². The number of para-hydroxylation sites is 1. The standard InChI is InChI=1S/C21H21N3OS2/c1-12(2)24-20(25)18-13(3)14(4)27-19(18)23-21(24)26-11-16-10-9-15-7-5-6-8-17(15)22-16/h5-10,12H,11H2,1-4H3. The molecule has 4 aromatic rings. The molecule has 138 valence electrons. The number of nitrogens with zero attached hydrogens (tertiary/aromatic N) is 3.